The van der Waals surface area contributed by atoms with Gasteiger partial charge in [-0.05, 0) is 25.1 Å². The number of carbonyl (C=O) groups is 1. The molecule has 0 saturated heterocycles. The van der Waals surface area contributed by atoms with Crippen molar-refractivity contribution in [3.63, 3.8) is 0 Å². The van der Waals surface area contributed by atoms with Crippen LogP contribution in [-0.2, 0) is 0 Å². The van der Waals surface area contributed by atoms with Crippen LogP contribution in [0, 0.1) is 25.7 Å². The minimum atomic E-state index is -0.404. The van der Waals surface area contributed by atoms with Crippen LogP contribution in [0.3, 0.4) is 0 Å². The van der Waals surface area contributed by atoms with Crippen LogP contribution < -0.4 is 11.1 Å². The normalized spacial score (nSPS) is 9.90. The van der Waals surface area contributed by atoms with E-state index in [1.807, 2.05) is 0 Å². The molecule has 1 aromatic carbocycles. The molecule has 1 heterocycles. The molecular formula is C15H14ClN3O2. The van der Waals surface area contributed by atoms with E-state index in [4.69, 9.17) is 21.8 Å². The number of nitrogens with two attached hydrogens (primary N) is 1. The average molecular weight is 304 g/mol. The van der Waals surface area contributed by atoms with Crippen LogP contribution in [0.2, 0.25) is 5.02 Å². The molecule has 2 rings (SSSR count). The van der Waals surface area contributed by atoms with Gasteiger partial charge in [-0.1, -0.05) is 23.4 Å². The molecule has 0 radical (unpaired) electrons. The van der Waals surface area contributed by atoms with Crippen LogP contribution in [0.25, 0.3) is 0 Å². The van der Waals surface area contributed by atoms with Gasteiger partial charge in [-0.3, -0.25) is 4.79 Å². The fourth-order valence-corrected chi connectivity index (χ4v) is 1.94. The molecule has 5 nitrogen and oxygen atoms in total. The van der Waals surface area contributed by atoms with Gasteiger partial charge in [-0.15, -0.1) is 0 Å². The Kier molecular flexibility index (Phi) is 4.63. The zero-order valence-corrected chi connectivity index (χ0v) is 12.4. The summed E-state index contributed by atoms with van der Waals surface area (Å²) in [5.74, 6) is 5.82. The lowest BCUT2D eigenvalue weighted by Gasteiger charge is -2.06. The number of amides is 1. The Hall–Kier alpha value is -2.29. The molecule has 2 aromatic rings. The molecule has 0 aliphatic carbocycles. The first kappa shape index (κ1) is 15.1. The molecule has 0 saturated carbocycles. The van der Waals surface area contributed by atoms with Gasteiger partial charge < -0.3 is 15.5 Å². The highest BCUT2D eigenvalue weighted by Crippen LogP contribution is 2.24. The van der Waals surface area contributed by atoms with Crippen molar-refractivity contribution in [2.24, 2.45) is 5.73 Å². The Morgan fingerprint density at radius 3 is 2.86 bits per heavy atom. The maximum atomic E-state index is 12.2. The number of benzene rings is 1. The number of hydrogen-bond acceptors (Lipinski definition) is 4. The van der Waals surface area contributed by atoms with Gasteiger partial charge in [0.25, 0.3) is 5.91 Å². The van der Waals surface area contributed by atoms with Crippen molar-refractivity contribution < 1.29 is 9.21 Å². The van der Waals surface area contributed by atoms with Gasteiger partial charge in [-0.25, -0.2) is 4.98 Å². The van der Waals surface area contributed by atoms with Crippen molar-refractivity contribution in [1.29, 1.82) is 0 Å². The lowest BCUT2D eigenvalue weighted by molar-refractivity contribution is 0.0994. The molecule has 1 aromatic heterocycles. The minimum Gasteiger partial charge on any atom is -0.436 e. The summed E-state index contributed by atoms with van der Waals surface area (Å²) in [6.07, 6.45) is 0. The molecule has 1 amide bonds. The molecule has 3 N–H and O–H groups in total. The third kappa shape index (κ3) is 3.63. The number of aryl methyl sites for hydroxylation is 2. The Morgan fingerprint density at radius 1 is 1.48 bits per heavy atom. The summed E-state index contributed by atoms with van der Waals surface area (Å²) < 4.78 is 5.27. The lowest BCUT2D eigenvalue weighted by atomic mass is 10.2. The summed E-state index contributed by atoms with van der Waals surface area (Å²) in [5.41, 5.74) is 7.03. The van der Waals surface area contributed by atoms with Crippen LogP contribution in [-0.4, -0.2) is 17.4 Å². The molecule has 0 aliphatic rings. The Labute approximate surface area is 127 Å². The number of nitrogens with one attached hydrogen (secondary N) is 1. The van der Waals surface area contributed by atoms with Crippen molar-refractivity contribution in [2.75, 3.05) is 11.9 Å². The van der Waals surface area contributed by atoms with E-state index in [0.717, 1.165) is 0 Å². The summed E-state index contributed by atoms with van der Waals surface area (Å²) >= 11 is 6.07. The minimum absolute atomic E-state index is 0.169. The smallest absolute Gasteiger partial charge is 0.293 e. The predicted molar refractivity (Wildman–Crippen MR) is 81.3 cm³/mol. The fourth-order valence-electron chi connectivity index (χ4n) is 1.77. The van der Waals surface area contributed by atoms with Crippen molar-refractivity contribution in [3.8, 4) is 11.8 Å². The largest absolute Gasteiger partial charge is 0.436 e. The van der Waals surface area contributed by atoms with Gasteiger partial charge in [0, 0.05) is 12.5 Å². The van der Waals surface area contributed by atoms with E-state index in [1.165, 1.54) is 0 Å². The van der Waals surface area contributed by atoms with Gasteiger partial charge >= 0.3 is 0 Å². The van der Waals surface area contributed by atoms with Crippen LogP contribution in [0.4, 0.5) is 5.69 Å². The van der Waals surface area contributed by atoms with Gasteiger partial charge in [-0.2, -0.15) is 0 Å². The third-order valence-corrected chi connectivity index (χ3v) is 2.99. The first-order valence-corrected chi connectivity index (χ1v) is 6.63. The molecule has 0 fully saturated rings. The van der Waals surface area contributed by atoms with Crippen LogP contribution in [0.1, 0.15) is 27.7 Å². The second-order valence-corrected chi connectivity index (χ2v) is 4.71. The number of carbonyl (C=O) groups excluding carboxylic acids is 1. The zero-order chi connectivity index (χ0) is 15.4. The molecule has 21 heavy (non-hydrogen) atoms. The number of anilines is 1. The number of aromatic nitrogens is 1. The Bertz CT molecular complexity index is 741. The van der Waals surface area contributed by atoms with E-state index in [0.29, 0.717) is 27.9 Å². The number of halogens is 1. The van der Waals surface area contributed by atoms with Gasteiger partial charge in [0.05, 0.1) is 22.9 Å². The standard InChI is InChI=1S/C15H14ClN3O2/c1-9-14(21-10(2)18-9)15(20)19-13-8-11(4-3-7-17)5-6-12(13)16/h5-6,8H,7,17H2,1-2H3,(H,19,20). The summed E-state index contributed by atoms with van der Waals surface area (Å²) in [7, 11) is 0. The van der Waals surface area contributed by atoms with Gasteiger partial charge in [0.15, 0.2) is 5.89 Å². The number of oxazole rings is 1. The first-order valence-electron chi connectivity index (χ1n) is 6.25. The molecule has 0 unspecified atom stereocenters. The highest BCUT2D eigenvalue weighted by molar-refractivity contribution is 6.34. The Balaban J connectivity index is 2.26. The summed E-state index contributed by atoms with van der Waals surface area (Å²) in [6, 6.07) is 5.10. The van der Waals surface area contributed by atoms with E-state index in [9.17, 15) is 4.79 Å². The van der Waals surface area contributed by atoms with E-state index < -0.39 is 5.91 Å². The van der Waals surface area contributed by atoms with Crippen molar-refractivity contribution >= 4 is 23.2 Å². The van der Waals surface area contributed by atoms with Crippen molar-refractivity contribution in [1.82, 2.24) is 4.98 Å². The average Bonchev–Trinajstić information content (AvgIpc) is 2.78. The van der Waals surface area contributed by atoms with Crippen LogP contribution in [0.15, 0.2) is 22.6 Å². The topological polar surface area (TPSA) is 81.2 Å². The highest BCUT2D eigenvalue weighted by Gasteiger charge is 2.17. The summed E-state index contributed by atoms with van der Waals surface area (Å²) in [5, 5.41) is 3.11. The zero-order valence-electron chi connectivity index (χ0n) is 11.7. The molecular weight excluding hydrogens is 290 g/mol. The van der Waals surface area contributed by atoms with Crippen LogP contribution in [0.5, 0.6) is 0 Å². The Morgan fingerprint density at radius 2 is 2.24 bits per heavy atom. The SMILES string of the molecule is Cc1nc(C)c(C(=O)Nc2cc(C#CCN)ccc2Cl)o1. The molecule has 108 valence electrons. The van der Waals surface area contributed by atoms with Crippen molar-refractivity contribution in [3.05, 3.63) is 46.1 Å². The molecule has 6 heteroatoms. The maximum Gasteiger partial charge on any atom is 0.293 e. The third-order valence-electron chi connectivity index (χ3n) is 2.66. The molecule has 0 aliphatic heterocycles. The van der Waals surface area contributed by atoms with E-state index in [1.54, 1.807) is 32.0 Å². The van der Waals surface area contributed by atoms with E-state index in [2.05, 4.69) is 22.1 Å². The summed E-state index contributed by atoms with van der Waals surface area (Å²) in [4.78, 5) is 16.2. The second-order valence-electron chi connectivity index (χ2n) is 4.30. The van der Waals surface area contributed by atoms with Gasteiger partial charge in [0.2, 0.25) is 5.76 Å². The highest BCUT2D eigenvalue weighted by atomic mass is 35.5. The van der Waals surface area contributed by atoms with Gasteiger partial charge in [0.1, 0.15) is 0 Å². The quantitative estimate of drug-likeness (QED) is 0.835. The number of rotatable bonds is 2. The van der Waals surface area contributed by atoms with E-state index in [-0.39, 0.29) is 12.3 Å². The lowest BCUT2D eigenvalue weighted by Crippen LogP contribution is -2.12. The molecule has 0 bridgehead atoms. The van der Waals surface area contributed by atoms with E-state index >= 15 is 0 Å². The second kappa shape index (κ2) is 6.44. The molecule has 0 atom stereocenters. The maximum absolute atomic E-state index is 12.2. The number of hydrogen-bond donors (Lipinski definition) is 2. The number of nitrogens with zero attached hydrogens (tertiary/aromatic N) is 1. The molecule has 0 spiro atoms. The monoisotopic (exact) mass is 303 g/mol. The fraction of sp³-hybridized carbons (Fsp3) is 0.200. The van der Waals surface area contributed by atoms with Crippen LogP contribution >= 0.6 is 11.6 Å². The predicted octanol–water partition coefficient (Wildman–Crippen LogP) is 2.51. The summed E-state index contributed by atoms with van der Waals surface area (Å²) in [6.45, 7) is 3.65. The first-order chi connectivity index (χ1) is 10.0. The van der Waals surface area contributed by atoms with Crippen molar-refractivity contribution in [2.45, 2.75) is 13.8 Å².